The lowest BCUT2D eigenvalue weighted by molar-refractivity contribution is 0.0944. The fraction of sp³-hybridized carbons (Fsp3) is 0.0625. The second-order valence-electron chi connectivity index (χ2n) is 5.15. The summed E-state index contributed by atoms with van der Waals surface area (Å²) in [5, 5.41) is 14.2. The number of hydrogen-bond donors (Lipinski definition) is 3. The summed E-state index contributed by atoms with van der Waals surface area (Å²) >= 11 is 5.18. The van der Waals surface area contributed by atoms with Gasteiger partial charge in [-0.25, -0.2) is 4.68 Å². The summed E-state index contributed by atoms with van der Waals surface area (Å²) in [6.45, 7) is 1.97. The number of para-hydroxylation sites is 1. The number of hydrazine groups is 1. The van der Waals surface area contributed by atoms with Gasteiger partial charge < -0.3 is 5.32 Å². The van der Waals surface area contributed by atoms with Gasteiger partial charge in [0.25, 0.3) is 5.91 Å². The number of nitrogens with one attached hydrogen (secondary N) is 3. The van der Waals surface area contributed by atoms with Gasteiger partial charge in [0.05, 0.1) is 5.69 Å². The molecule has 126 valence electrons. The van der Waals surface area contributed by atoms with Gasteiger partial charge >= 0.3 is 0 Å². The topological polar surface area (TPSA) is 96.8 Å². The van der Waals surface area contributed by atoms with E-state index in [4.69, 9.17) is 12.2 Å². The number of carbonyl (C=O) groups excluding carboxylic acids is 1. The fourth-order valence-corrected chi connectivity index (χ4v) is 2.26. The second-order valence-corrected chi connectivity index (χ2v) is 5.56. The zero-order valence-electron chi connectivity index (χ0n) is 13.3. The molecule has 8 nitrogen and oxygen atoms in total. The third-order valence-corrected chi connectivity index (χ3v) is 3.63. The van der Waals surface area contributed by atoms with Gasteiger partial charge in [-0.05, 0) is 65.5 Å². The first-order valence-corrected chi connectivity index (χ1v) is 7.81. The maximum Gasteiger partial charge on any atom is 0.269 e. The van der Waals surface area contributed by atoms with Gasteiger partial charge in [-0.3, -0.25) is 15.6 Å². The maximum atomic E-state index is 12.2. The highest BCUT2D eigenvalue weighted by Crippen LogP contribution is 2.12. The van der Waals surface area contributed by atoms with Gasteiger partial charge in [-0.15, -0.1) is 5.10 Å². The summed E-state index contributed by atoms with van der Waals surface area (Å²) in [7, 11) is 0. The summed E-state index contributed by atoms with van der Waals surface area (Å²) in [5.41, 5.74) is 8.39. The molecular formula is C16H15N7OS. The highest BCUT2D eigenvalue weighted by Gasteiger charge is 2.07. The first-order valence-electron chi connectivity index (χ1n) is 7.40. The van der Waals surface area contributed by atoms with E-state index in [2.05, 4.69) is 31.7 Å². The predicted molar refractivity (Wildman–Crippen MR) is 97.2 cm³/mol. The number of carbonyl (C=O) groups is 1. The summed E-state index contributed by atoms with van der Waals surface area (Å²) in [4.78, 5) is 12.2. The molecule has 3 aromatic rings. The Hall–Kier alpha value is -3.33. The minimum Gasteiger partial charge on any atom is -0.331 e. The average molecular weight is 353 g/mol. The molecule has 0 aliphatic rings. The van der Waals surface area contributed by atoms with Gasteiger partial charge in [0.15, 0.2) is 5.11 Å². The molecule has 0 radical (unpaired) electrons. The molecule has 0 saturated carbocycles. The Labute approximate surface area is 149 Å². The minimum atomic E-state index is -0.308. The predicted octanol–water partition coefficient (Wildman–Crippen LogP) is 1.60. The van der Waals surface area contributed by atoms with E-state index in [9.17, 15) is 4.79 Å². The molecule has 3 N–H and O–H groups in total. The maximum absolute atomic E-state index is 12.2. The Bertz CT molecular complexity index is 878. The molecular weight excluding hydrogens is 338 g/mol. The number of aromatic nitrogens is 4. The molecule has 0 fully saturated rings. The van der Waals surface area contributed by atoms with Crippen LogP contribution in [0.4, 0.5) is 5.69 Å². The van der Waals surface area contributed by atoms with Gasteiger partial charge in [0, 0.05) is 11.3 Å². The molecule has 0 aliphatic heterocycles. The molecule has 9 heteroatoms. The molecule has 3 rings (SSSR count). The number of amides is 1. The van der Waals surface area contributed by atoms with E-state index in [1.54, 1.807) is 24.3 Å². The van der Waals surface area contributed by atoms with Crippen molar-refractivity contribution in [2.45, 2.75) is 6.92 Å². The van der Waals surface area contributed by atoms with Gasteiger partial charge in [0.2, 0.25) is 0 Å². The van der Waals surface area contributed by atoms with Crippen LogP contribution in [0.15, 0.2) is 54.9 Å². The third kappa shape index (κ3) is 4.15. The molecule has 2 aromatic carbocycles. The molecule has 0 saturated heterocycles. The molecule has 0 bridgehead atoms. The van der Waals surface area contributed by atoms with Crippen LogP contribution in [0.5, 0.6) is 0 Å². The number of nitrogens with zero attached hydrogens (tertiary/aromatic N) is 4. The lowest BCUT2D eigenvalue weighted by Gasteiger charge is -2.13. The van der Waals surface area contributed by atoms with Crippen LogP contribution in [0, 0.1) is 6.92 Å². The smallest absolute Gasteiger partial charge is 0.269 e. The summed E-state index contributed by atoms with van der Waals surface area (Å²) < 4.78 is 1.50. The highest BCUT2D eigenvalue weighted by atomic mass is 32.1. The van der Waals surface area contributed by atoms with Crippen molar-refractivity contribution in [2.24, 2.45) is 0 Å². The van der Waals surface area contributed by atoms with Gasteiger partial charge in [-0.2, -0.15) is 0 Å². The Kier molecular flexibility index (Phi) is 4.95. The van der Waals surface area contributed by atoms with Crippen molar-refractivity contribution in [3.8, 4) is 5.69 Å². The SMILES string of the molecule is Cc1ccccc1NC(=S)NNC(=O)c1ccc(-n2cnnn2)cc1. The van der Waals surface area contributed by atoms with Gasteiger partial charge in [0.1, 0.15) is 6.33 Å². The second kappa shape index (κ2) is 7.49. The quantitative estimate of drug-likeness (QED) is 0.486. The average Bonchev–Trinajstić information content (AvgIpc) is 3.16. The van der Waals surface area contributed by atoms with Crippen LogP contribution in [0.2, 0.25) is 0 Å². The first-order chi connectivity index (χ1) is 12.1. The van der Waals surface area contributed by atoms with E-state index < -0.39 is 0 Å². The van der Waals surface area contributed by atoms with E-state index in [0.29, 0.717) is 10.7 Å². The monoisotopic (exact) mass is 353 g/mol. The van der Waals surface area contributed by atoms with E-state index >= 15 is 0 Å². The Morgan fingerprint density at radius 1 is 1.08 bits per heavy atom. The minimum absolute atomic E-state index is 0.299. The number of thiocarbonyl (C=S) groups is 1. The van der Waals surface area contributed by atoms with Crippen LogP contribution in [-0.4, -0.2) is 31.2 Å². The fourth-order valence-electron chi connectivity index (χ4n) is 2.10. The molecule has 0 aliphatic carbocycles. The van der Waals surface area contributed by atoms with E-state index in [-0.39, 0.29) is 5.91 Å². The van der Waals surface area contributed by atoms with E-state index in [0.717, 1.165) is 16.9 Å². The normalized spacial score (nSPS) is 10.1. The zero-order chi connectivity index (χ0) is 17.6. The van der Waals surface area contributed by atoms with Crippen LogP contribution >= 0.6 is 12.2 Å². The standard InChI is InChI=1S/C16H15N7OS/c1-11-4-2-3-5-14(11)18-16(25)20-19-15(24)12-6-8-13(9-7-12)23-10-17-21-22-23/h2-10H,1H3,(H,19,24)(H2,18,20,25). The molecule has 0 unspecified atom stereocenters. The number of anilines is 1. The number of benzene rings is 2. The number of aryl methyl sites for hydroxylation is 1. The Balaban J connectivity index is 1.55. The lowest BCUT2D eigenvalue weighted by atomic mass is 10.2. The van der Waals surface area contributed by atoms with Crippen molar-refractivity contribution >= 4 is 28.9 Å². The van der Waals surface area contributed by atoms with Gasteiger partial charge in [-0.1, -0.05) is 18.2 Å². The van der Waals surface area contributed by atoms with Crippen LogP contribution < -0.4 is 16.2 Å². The van der Waals surface area contributed by atoms with Crippen LogP contribution in [0.25, 0.3) is 5.69 Å². The Morgan fingerprint density at radius 3 is 2.52 bits per heavy atom. The molecule has 1 aromatic heterocycles. The van der Waals surface area contributed by atoms with Crippen molar-refractivity contribution in [3.05, 3.63) is 66.0 Å². The highest BCUT2D eigenvalue weighted by molar-refractivity contribution is 7.80. The van der Waals surface area contributed by atoms with E-state index in [1.807, 2.05) is 31.2 Å². The van der Waals surface area contributed by atoms with Crippen molar-refractivity contribution in [1.82, 2.24) is 31.1 Å². The summed E-state index contributed by atoms with van der Waals surface area (Å²) in [5.74, 6) is -0.308. The van der Waals surface area contributed by atoms with Crippen molar-refractivity contribution in [2.75, 3.05) is 5.32 Å². The number of rotatable bonds is 3. The third-order valence-electron chi connectivity index (χ3n) is 3.43. The zero-order valence-corrected chi connectivity index (χ0v) is 14.1. The van der Waals surface area contributed by atoms with Crippen LogP contribution in [-0.2, 0) is 0 Å². The molecule has 0 spiro atoms. The van der Waals surface area contributed by atoms with E-state index in [1.165, 1.54) is 11.0 Å². The molecule has 1 heterocycles. The summed E-state index contributed by atoms with van der Waals surface area (Å²) in [6.07, 6.45) is 1.48. The first kappa shape index (κ1) is 16.5. The van der Waals surface area contributed by atoms with Crippen molar-refractivity contribution < 1.29 is 4.79 Å². The number of hydrogen-bond acceptors (Lipinski definition) is 5. The lowest BCUT2D eigenvalue weighted by Crippen LogP contribution is -2.43. The van der Waals surface area contributed by atoms with Crippen LogP contribution in [0.3, 0.4) is 0 Å². The molecule has 1 amide bonds. The molecule has 25 heavy (non-hydrogen) atoms. The molecule has 0 atom stereocenters. The number of tetrazole rings is 1. The largest absolute Gasteiger partial charge is 0.331 e. The van der Waals surface area contributed by atoms with Crippen LogP contribution in [0.1, 0.15) is 15.9 Å². The summed E-state index contributed by atoms with van der Waals surface area (Å²) in [6, 6.07) is 14.6. The Morgan fingerprint density at radius 2 is 1.84 bits per heavy atom. The van der Waals surface area contributed by atoms with Crippen molar-refractivity contribution in [1.29, 1.82) is 0 Å². The van der Waals surface area contributed by atoms with Crippen molar-refractivity contribution in [3.63, 3.8) is 0 Å².